The lowest BCUT2D eigenvalue weighted by molar-refractivity contribution is -0.152. The molecule has 1 amide bonds. The summed E-state index contributed by atoms with van der Waals surface area (Å²) >= 11 is 1.03. The number of rotatable bonds is 8. The molecule has 0 unspecified atom stereocenters. The number of amides is 1. The van der Waals surface area contributed by atoms with E-state index in [1.807, 2.05) is 12.1 Å². The molecule has 0 aliphatic carbocycles. The standard InChI is InChI=1S/C19H20FNO4S/c1-13(19(23)21-11-14-7-9-15(24-2)10-8-14)25-18(22)12-26-17-6-4-3-5-16(17)20/h3-10,13H,11-12H2,1-2H3,(H,21,23)/t13-/m0/s1. The predicted octanol–water partition coefficient (Wildman–Crippen LogP) is 3.17. The largest absolute Gasteiger partial charge is 0.497 e. The maximum atomic E-state index is 13.5. The second kappa shape index (κ2) is 9.82. The van der Waals surface area contributed by atoms with Crippen LogP contribution < -0.4 is 10.1 Å². The van der Waals surface area contributed by atoms with Gasteiger partial charge in [0.25, 0.3) is 5.91 Å². The third-order valence-corrected chi connectivity index (χ3v) is 4.51. The summed E-state index contributed by atoms with van der Waals surface area (Å²) in [5, 5.41) is 2.70. The van der Waals surface area contributed by atoms with E-state index in [1.54, 1.807) is 37.4 Å². The predicted molar refractivity (Wildman–Crippen MR) is 97.5 cm³/mol. The molecule has 138 valence electrons. The topological polar surface area (TPSA) is 64.6 Å². The van der Waals surface area contributed by atoms with Gasteiger partial charge in [0.2, 0.25) is 0 Å². The second-order valence-electron chi connectivity index (χ2n) is 5.42. The Labute approximate surface area is 155 Å². The Kier molecular flexibility index (Phi) is 7.47. The van der Waals surface area contributed by atoms with Crippen molar-refractivity contribution in [3.8, 4) is 5.75 Å². The summed E-state index contributed by atoms with van der Waals surface area (Å²) in [6, 6.07) is 13.4. The van der Waals surface area contributed by atoms with Crippen LogP contribution in [0.25, 0.3) is 0 Å². The van der Waals surface area contributed by atoms with Crippen molar-refractivity contribution in [3.05, 3.63) is 59.9 Å². The fraction of sp³-hybridized carbons (Fsp3) is 0.263. The molecule has 0 aliphatic heterocycles. The molecule has 0 fully saturated rings. The third-order valence-electron chi connectivity index (χ3n) is 3.49. The van der Waals surface area contributed by atoms with Crippen molar-refractivity contribution in [1.82, 2.24) is 5.32 Å². The van der Waals surface area contributed by atoms with E-state index in [0.29, 0.717) is 11.4 Å². The van der Waals surface area contributed by atoms with E-state index in [9.17, 15) is 14.0 Å². The van der Waals surface area contributed by atoms with Gasteiger partial charge in [0, 0.05) is 11.4 Å². The normalized spacial score (nSPS) is 11.5. The van der Waals surface area contributed by atoms with E-state index < -0.39 is 23.8 Å². The van der Waals surface area contributed by atoms with Crippen LogP contribution in [0.5, 0.6) is 5.75 Å². The Hall–Kier alpha value is -2.54. The van der Waals surface area contributed by atoms with Gasteiger partial charge >= 0.3 is 5.97 Å². The first kappa shape index (κ1) is 19.8. The van der Waals surface area contributed by atoms with Crippen LogP contribution in [-0.2, 0) is 20.9 Å². The molecule has 0 heterocycles. The third kappa shape index (κ3) is 6.07. The quantitative estimate of drug-likeness (QED) is 0.565. The van der Waals surface area contributed by atoms with E-state index >= 15 is 0 Å². The maximum Gasteiger partial charge on any atom is 0.317 e. The number of halogens is 1. The molecule has 26 heavy (non-hydrogen) atoms. The first-order chi connectivity index (χ1) is 12.5. The number of carbonyl (C=O) groups excluding carboxylic acids is 2. The van der Waals surface area contributed by atoms with Gasteiger partial charge in [-0.2, -0.15) is 0 Å². The highest BCUT2D eigenvalue weighted by molar-refractivity contribution is 8.00. The summed E-state index contributed by atoms with van der Waals surface area (Å²) < 4.78 is 23.6. The molecule has 2 rings (SSSR count). The van der Waals surface area contributed by atoms with Crippen molar-refractivity contribution in [1.29, 1.82) is 0 Å². The minimum absolute atomic E-state index is 0.0724. The van der Waals surface area contributed by atoms with Crippen molar-refractivity contribution < 1.29 is 23.5 Å². The van der Waals surface area contributed by atoms with E-state index in [-0.39, 0.29) is 5.75 Å². The molecular weight excluding hydrogens is 357 g/mol. The number of thioether (sulfide) groups is 1. The van der Waals surface area contributed by atoms with Crippen molar-refractivity contribution in [3.63, 3.8) is 0 Å². The minimum atomic E-state index is -0.929. The van der Waals surface area contributed by atoms with Gasteiger partial charge < -0.3 is 14.8 Å². The van der Waals surface area contributed by atoms with Crippen LogP contribution >= 0.6 is 11.8 Å². The summed E-state index contributed by atoms with van der Waals surface area (Å²) in [5.74, 6) is -0.711. The van der Waals surface area contributed by atoms with Gasteiger partial charge in [0.05, 0.1) is 12.9 Å². The van der Waals surface area contributed by atoms with Gasteiger partial charge in [-0.15, -0.1) is 11.8 Å². The number of hydrogen-bond acceptors (Lipinski definition) is 5. The van der Waals surface area contributed by atoms with Crippen LogP contribution in [0.1, 0.15) is 12.5 Å². The highest BCUT2D eigenvalue weighted by atomic mass is 32.2. The highest BCUT2D eigenvalue weighted by Crippen LogP contribution is 2.21. The van der Waals surface area contributed by atoms with Gasteiger partial charge in [0.15, 0.2) is 6.10 Å². The summed E-state index contributed by atoms with van der Waals surface area (Å²) in [4.78, 5) is 24.2. The number of methoxy groups -OCH3 is 1. The Morgan fingerprint density at radius 2 is 1.85 bits per heavy atom. The highest BCUT2D eigenvalue weighted by Gasteiger charge is 2.18. The fourth-order valence-electron chi connectivity index (χ4n) is 2.06. The van der Waals surface area contributed by atoms with Crippen LogP contribution in [0.15, 0.2) is 53.4 Å². The number of benzene rings is 2. The molecule has 0 saturated carbocycles. The molecule has 0 bridgehead atoms. The molecule has 0 aromatic heterocycles. The van der Waals surface area contributed by atoms with Crippen LogP contribution in [0.3, 0.4) is 0 Å². The summed E-state index contributed by atoms with van der Waals surface area (Å²) in [6.07, 6.45) is -0.929. The van der Waals surface area contributed by atoms with Crippen LogP contribution in [-0.4, -0.2) is 30.8 Å². The Morgan fingerprint density at radius 3 is 2.50 bits per heavy atom. The van der Waals surface area contributed by atoms with E-state index in [0.717, 1.165) is 23.1 Å². The molecule has 2 aromatic rings. The average Bonchev–Trinajstić information content (AvgIpc) is 2.65. The Bertz CT molecular complexity index is 751. The molecule has 5 nitrogen and oxygen atoms in total. The SMILES string of the molecule is COc1ccc(CNC(=O)[C@H](C)OC(=O)CSc2ccccc2F)cc1. The van der Waals surface area contributed by atoms with Crippen molar-refractivity contribution >= 4 is 23.6 Å². The molecule has 0 saturated heterocycles. The molecule has 0 spiro atoms. The zero-order valence-corrected chi connectivity index (χ0v) is 15.3. The second-order valence-corrected chi connectivity index (χ2v) is 6.43. The minimum Gasteiger partial charge on any atom is -0.497 e. The molecule has 0 radical (unpaired) electrons. The number of hydrogen-bond donors (Lipinski definition) is 1. The van der Waals surface area contributed by atoms with Gasteiger partial charge in [0.1, 0.15) is 11.6 Å². The van der Waals surface area contributed by atoms with Crippen LogP contribution in [0.4, 0.5) is 4.39 Å². The zero-order valence-electron chi connectivity index (χ0n) is 14.5. The fourth-order valence-corrected chi connectivity index (χ4v) is 2.78. The number of ether oxygens (including phenoxy) is 2. The van der Waals surface area contributed by atoms with E-state index in [2.05, 4.69) is 5.32 Å². The molecule has 2 aromatic carbocycles. The molecule has 7 heteroatoms. The van der Waals surface area contributed by atoms with Crippen molar-refractivity contribution in [2.24, 2.45) is 0 Å². The molecule has 1 N–H and O–H groups in total. The summed E-state index contributed by atoms with van der Waals surface area (Å²) in [5.41, 5.74) is 0.896. The number of nitrogens with one attached hydrogen (secondary N) is 1. The van der Waals surface area contributed by atoms with Crippen LogP contribution in [0, 0.1) is 5.82 Å². The number of esters is 1. The lowest BCUT2D eigenvalue weighted by Crippen LogP contribution is -2.35. The van der Waals surface area contributed by atoms with E-state index in [1.165, 1.54) is 13.0 Å². The zero-order chi connectivity index (χ0) is 18.9. The van der Waals surface area contributed by atoms with Gasteiger partial charge in [-0.1, -0.05) is 24.3 Å². The first-order valence-corrected chi connectivity index (χ1v) is 8.95. The summed E-state index contributed by atoms with van der Waals surface area (Å²) in [7, 11) is 1.58. The lowest BCUT2D eigenvalue weighted by atomic mass is 10.2. The van der Waals surface area contributed by atoms with Crippen LogP contribution in [0.2, 0.25) is 0 Å². The smallest absolute Gasteiger partial charge is 0.317 e. The molecule has 0 aliphatic rings. The molecular formula is C19H20FNO4S. The number of carbonyl (C=O) groups is 2. The molecule has 1 atom stereocenters. The average molecular weight is 377 g/mol. The Morgan fingerprint density at radius 1 is 1.15 bits per heavy atom. The van der Waals surface area contributed by atoms with Gasteiger partial charge in [-0.25, -0.2) is 4.39 Å². The van der Waals surface area contributed by atoms with E-state index in [4.69, 9.17) is 9.47 Å². The van der Waals surface area contributed by atoms with Gasteiger partial charge in [-0.3, -0.25) is 9.59 Å². The van der Waals surface area contributed by atoms with Gasteiger partial charge in [-0.05, 0) is 36.8 Å². The van der Waals surface area contributed by atoms with Crippen molar-refractivity contribution in [2.75, 3.05) is 12.9 Å². The summed E-state index contributed by atoms with van der Waals surface area (Å²) in [6.45, 7) is 1.81. The Balaban J connectivity index is 1.75. The van der Waals surface area contributed by atoms with Crippen molar-refractivity contribution in [2.45, 2.75) is 24.5 Å². The monoisotopic (exact) mass is 377 g/mol. The first-order valence-electron chi connectivity index (χ1n) is 7.97. The maximum absolute atomic E-state index is 13.5. The lowest BCUT2D eigenvalue weighted by Gasteiger charge is -2.13.